The highest BCUT2D eigenvalue weighted by Gasteiger charge is 2.47. The van der Waals surface area contributed by atoms with E-state index in [1.54, 1.807) is 0 Å². The van der Waals surface area contributed by atoms with E-state index in [1.807, 2.05) is 0 Å². The van der Waals surface area contributed by atoms with Crippen LogP contribution in [0.4, 0.5) is 0 Å². The average Bonchev–Trinajstić information content (AvgIpc) is 2.62. The third-order valence-corrected chi connectivity index (χ3v) is 4.04. The largest absolute Gasteiger partial charge is 0.394 e. The van der Waals surface area contributed by atoms with E-state index in [4.69, 9.17) is 14.6 Å². The van der Waals surface area contributed by atoms with Gasteiger partial charge in [-0.05, 0) is 0 Å². The second kappa shape index (κ2) is 10.4. The quantitative estimate of drug-likeness (QED) is 0.183. The molecule has 26 heavy (non-hydrogen) atoms. The summed E-state index contributed by atoms with van der Waals surface area (Å²) < 4.78 is 10.5. The van der Waals surface area contributed by atoms with E-state index >= 15 is 0 Å². The van der Waals surface area contributed by atoms with Crippen LogP contribution in [0.1, 0.15) is 6.92 Å². The first kappa shape index (κ1) is 23.1. The Hall–Kier alpha value is -0.930. The molecule has 1 aliphatic heterocycles. The Morgan fingerprint density at radius 3 is 2.15 bits per heavy atom. The van der Waals surface area contributed by atoms with Crippen molar-refractivity contribution >= 4 is 5.91 Å². The molecule has 0 radical (unpaired) electrons. The standard InChI is InChI=1S/C14H27NO11/c1-5(19)15-6(2-16)13(9(21)7(20)3-17)26-14-12(24)11(23)10(22)8(4-18)25-14/h6-14,16-18,20-24H,2-4H2,1H3,(H,15,19)/t6-,7+,8+,9-,10-,11-,12+,13+,14-/m0/s1. The minimum atomic E-state index is -1.82. The number of carbonyl (C=O) groups is 1. The van der Waals surface area contributed by atoms with Crippen molar-refractivity contribution < 1.29 is 55.1 Å². The van der Waals surface area contributed by atoms with Crippen molar-refractivity contribution in [1.82, 2.24) is 5.32 Å². The lowest BCUT2D eigenvalue weighted by atomic mass is 9.98. The Morgan fingerprint density at radius 1 is 1.08 bits per heavy atom. The summed E-state index contributed by atoms with van der Waals surface area (Å²) in [4.78, 5) is 11.3. The smallest absolute Gasteiger partial charge is 0.217 e. The summed E-state index contributed by atoms with van der Waals surface area (Å²) in [5, 5.41) is 79.2. The Bertz CT molecular complexity index is 437. The van der Waals surface area contributed by atoms with Gasteiger partial charge in [0.1, 0.15) is 42.7 Å². The van der Waals surface area contributed by atoms with Crippen molar-refractivity contribution in [3.05, 3.63) is 0 Å². The van der Waals surface area contributed by atoms with Crippen molar-refractivity contribution in [2.24, 2.45) is 0 Å². The predicted octanol–water partition coefficient (Wildman–Crippen LogP) is -5.62. The Kier molecular flexibility index (Phi) is 9.26. The van der Waals surface area contributed by atoms with E-state index in [9.17, 15) is 40.5 Å². The van der Waals surface area contributed by atoms with Gasteiger partial charge in [0.25, 0.3) is 0 Å². The van der Waals surface area contributed by atoms with Gasteiger partial charge >= 0.3 is 0 Å². The van der Waals surface area contributed by atoms with Crippen LogP contribution in [0.2, 0.25) is 0 Å². The van der Waals surface area contributed by atoms with Gasteiger partial charge < -0.3 is 55.6 Å². The molecule has 0 aliphatic carbocycles. The summed E-state index contributed by atoms with van der Waals surface area (Å²) in [6.45, 7) is -1.19. The van der Waals surface area contributed by atoms with Crippen LogP contribution in [-0.4, -0.2) is 122 Å². The molecule has 1 amide bonds. The molecule has 9 atom stereocenters. The van der Waals surface area contributed by atoms with Crippen LogP contribution in [-0.2, 0) is 14.3 Å². The first-order valence-corrected chi connectivity index (χ1v) is 7.98. The molecule has 0 aromatic heterocycles. The second-order valence-corrected chi connectivity index (χ2v) is 6.03. The van der Waals surface area contributed by atoms with Gasteiger partial charge in [-0.15, -0.1) is 0 Å². The molecule has 1 fully saturated rings. The fraction of sp³-hybridized carbons (Fsp3) is 0.929. The molecule has 12 heteroatoms. The van der Waals surface area contributed by atoms with Gasteiger partial charge in [-0.2, -0.15) is 0 Å². The molecule has 12 nitrogen and oxygen atoms in total. The Labute approximate surface area is 149 Å². The summed E-state index contributed by atoms with van der Waals surface area (Å²) in [6, 6.07) is -1.27. The zero-order valence-electron chi connectivity index (χ0n) is 14.1. The third kappa shape index (κ3) is 5.53. The summed E-state index contributed by atoms with van der Waals surface area (Å²) in [6.07, 6.45) is -13.3. The van der Waals surface area contributed by atoms with Gasteiger partial charge in [0.15, 0.2) is 6.29 Å². The SMILES string of the molecule is CC(=O)N[C@@H](CO)[C@@H](O[C@@H]1O[C@H](CO)[C@H](O)[C@H](O)[C@H]1O)[C@@H](O)[C@H](O)CO. The molecule has 0 bridgehead atoms. The van der Waals surface area contributed by atoms with E-state index in [0.717, 1.165) is 6.92 Å². The normalized spacial score (nSPS) is 34.0. The lowest BCUT2D eigenvalue weighted by Gasteiger charge is -2.42. The number of hydrogen-bond donors (Lipinski definition) is 9. The molecule has 0 saturated carbocycles. The highest BCUT2D eigenvalue weighted by Crippen LogP contribution is 2.25. The van der Waals surface area contributed by atoms with Crippen molar-refractivity contribution in [3.8, 4) is 0 Å². The van der Waals surface area contributed by atoms with E-state index in [-0.39, 0.29) is 0 Å². The van der Waals surface area contributed by atoms with Gasteiger partial charge in [0.05, 0.1) is 25.9 Å². The summed E-state index contributed by atoms with van der Waals surface area (Å²) >= 11 is 0. The third-order valence-electron chi connectivity index (χ3n) is 4.04. The second-order valence-electron chi connectivity index (χ2n) is 6.03. The van der Waals surface area contributed by atoms with Crippen molar-refractivity contribution in [2.45, 2.75) is 62.0 Å². The Balaban J connectivity index is 3.04. The van der Waals surface area contributed by atoms with Crippen LogP contribution in [0.15, 0.2) is 0 Å². The van der Waals surface area contributed by atoms with Crippen LogP contribution in [0.5, 0.6) is 0 Å². The number of ether oxygens (including phenoxy) is 2. The van der Waals surface area contributed by atoms with Crippen LogP contribution < -0.4 is 5.32 Å². The first-order valence-electron chi connectivity index (χ1n) is 7.98. The molecule has 0 spiro atoms. The van der Waals surface area contributed by atoms with E-state index in [0.29, 0.717) is 0 Å². The van der Waals surface area contributed by atoms with E-state index < -0.39 is 80.8 Å². The van der Waals surface area contributed by atoms with E-state index in [2.05, 4.69) is 5.32 Å². The molecule has 0 aromatic carbocycles. The van der Waals surface area contributed by atoms with Crippen LogP contribution in [0, 0.1) is 0 Å². The molecular weight excluding hydrogens is 358 g/mol. The number of hydrogen-bond acceptors (Lipinski definition) is 11. The molecule has 1 aliphatic rings. The van der Waals surface area contributed by atoms with Gasteiger partial charge in [-0.1, -0.05) is 0 Å². The maximum absolute atomic E-state index is 11.3. The Morgan fingerprint density at radius 2 is 1.69 bits per heavy atom. The zero-order valence-corrected chi connectivity index (χ0v) is 14.1. The number of amides is 1. The van der Waals surface area contributed by atoms with Gasteiger partial charge in [0.2, 0.25) is 5.91 Å². The van der Waals surface area contributed by atoms with Crippen LogP contribution in [0.25, 0.3) is 0 Å². The van der Waals surface area contributed by atoms with Crippen molar-refractivity contribution in [2.75, 3.05) is 19.8 Å². The molecule has 0 aromatic rings. The molecule has 9 N–H and O–H groups in total. The van der Waals surface area contributed by atoms with Crippen molar-refractivity contribution in [3.63, 3.8) is 0 Å². The topological polar surface area (TPSA) is 209 Å². The van der Waals surface area contributed by atoms with Gasteiger partial charge in [-0.3, -0.25) is 4.79 Å². The molecule has 154 valence electrons. The molecular formula is C14H27NO11. The first-order chi connectivity index (χ1) is 12.2. The van der Waals surface area contributed by atoms with Gasteiger partial charge in [0, 0.05) is 6.92 Å². The number of carbonyl (C=O) groups excluding carboxylic acids is 1. The maximum atomic E-state index is 11.3. The number of nitrogens with one attached hydrogen (secondary N) is 1. The molecule has 1 heterocycles. The zero-order chi connectivity index (χ0) is 20.0. The fourth-order valence-electron chi connectivity index (χ4n) is 2.57. The van der Waals surface area contributed by atoms with Crippen LogP contribution in [0.3, 0.4) is 0 Å². The molecule has 1 rings (SSSR count). The minimum absolute atomic E-state index is 0.600. The number of aliphatic hydroxyl groups is 8. The average molecular weight is 385 g/mol. The molecule has 0 unspecified atom stereocenters. The van der Waals surface area contributed by atoms with E-state index in [1.165, 1.54) is 0 Å². The fourth-order valence-corrected chi connectivity index (χ4v) is 2.57. The highest BCUT2D eigenvalue weighted by atomic mass is 16.7. The highest BCUT2D eigenvalue weighted by molar-refractivity contribution is 5.73. The lowest BCUT2D eigenvalue weighted by molar-refractivity contribution is -0.322. The van der Waals surface area contributed by atoms with Crippen LogP contribution >= 0.6 is 0 Å². The lowest BCUT2D eigenvalue weighted by Crippen LogP contribution is -2.63. The minimum Gasteiger partial charge on any atom is -0.394 e. The predicted molar refractivity (Wildman–Crippen MR) is 82.4 cm³/mol. The number of aliphatic hydroxyl groups excluding tert-OH is 8. The monoisotopic (exact) mass is 385 g/mol. The molecule has 1 saturated heterocycles. The summed E-state index contributed by atoms with van der Waals surface area (Å²) in [5.41, 5.74) is 0. The summed E-state index contributed by atoms with van der Waals surface area (Å²) in [5.74, 6) is -0.600. The maximum Gasteiger partial charge on any atom is 0.217 e. The number of rotatable bonds is 9. The van der Waals surface area contributed by atoms with Crippen molar-refractivity contribution in [1.29, 1.82) is 0 Å². The van der Waals surface area contributed by atoms with Gasteiger partial charge in [-0.25, -0.2) is 0 Å². The summed E-state index contributed by atoms with van der Waals surface area (Å²) in [7, 11) is 0.